The molecule has 17 heavy (non-hydrogen) atoms. The molecule has 1 aromatic heterocycles. The number of fused-ring (bicyclic) bond motifs is 1. The predicted molar refractivity (Wildman–Crippen MR) is 74.0 cm³/mol. The van der Waals surface area contributed by atoms with Crippen LogP contribution in [0.25, 0.3) is 10.2 Å². The normalized spacial score (nSPS) is 12.6. The first-order valence-corrected chi connectivity index (χ1v) is 7.12. The van der Waals surface area contributed by atoms with Crippen molar-refractivity contribution in [3.63, 3.8) is 0 Å². The monoisotopic (exact) mass is 286 g/mol. The Morgan fingerprint density at radius 1 is 1.59 bits per heavy atom. The first-order chi connectivity index (χ1) is 8.10. The zero-order valence-corrected chi connectivity index (χ0v) is 11.7. The van der Waals surface area contributed by atoms with Crippen molar-refractivity contribution >= 4 is 50.8 Å². The Bertz CT molecular complexity index is 555. The van der Waals surface area contributed by atoms with Gasteiger partial charge in [0.2, 0.25) is 5.91 Å². The average molecular weight is 287 g/mol. The molecular formula is C11H11ClN2OS2. The van der Waals surface area contributed by atoms with Crippen molar-refractivity contribution in [3.8, 4) is 0 Å². The molecule has 0 aliphatic heterocycles. The van der Waals surface area contributed by atoms with Gasteiger partial charge in [-0.3, -0.25) is 4.79 Å². The standard InChI is InChI=1S/C11H11ClN2OS2/c1-6(10(15)13-2)16-11-14-8-5-7(12)3-4-9(8)17-11/h3-6H,1-2H3,(H,13,15). The summed E-state index contributed by atoms with van der Waals surface area (Å²) in [5.41, 5.74) is 0.883. The van der Waals surface area contributed by atoms with Gasteiger partial charge in [-0.15, -0.1) is 11.3 Å². The number of nitrogens with zero attached hydrogens (tertiary/aromatic N) is 1. The van der Waals surface area contributed by atoms with Gasteiger partial charge in [-0.2, -0.15) is 0 Å². The van der Waals surface area contributed by atoms with Crippen LogP contribution in [0.4, 0.5) is 0 Å². The van der Waals surface area contributed by atoms with Crippen molar-refractivity contribution in [1.82, 2.24) is 10.3 Å². The third kappa shape index (κ3) is 2.91. The van der Waals surface area contributed by atoms with Gasteiger partial charge in [0.15, 0.2) is 4.34 Å². The second kappa shape index (κ2) is 5.25. The van der Waals surface area contributed by atoms with Gasteiger partial charge in [-0.1, -0.05) is 23.4 Å². The highest BCUT2D eigenvalue weighted by molar-refractivity contribution is 8.02. The first-order valence-electron chi connectivity index (χ1n) is 5.04. The van der Waals surface area contributed by atoms with Crippen molar-refractivity contribution in [2.45, 2.75) is 16.5 Å². The van der Waals surface area contributed by atoms with Crippen LogP contribution < -0.4 is 5.32 Å². The number of amides is 1. The zero-order chi connectivity index (χ0) is 12.4. The van der Waals surface area contributed by atoms with Gasteiger partial charge in [0.05, 0.1) is 15.5 Å². The van der Waals surface area contributed by atoms with Gasteiger partial charge in [0.25, 0.3) is 0 Å². The minimum Gasteiger partial charge on any atom is -0.358 e. The van der Waals surface area contributed by atoms with Crippen molar-refractivity contribution in [2.75, 3.05) is 7.05 Å². The topological polar surface area (TPSA) is 42.0 Å². The first kappa shape index (κ1) is 12.7. The third-order valence-electron chi connectivity index (χ3n) is 2.22. The number of thioether (sulfide) groups is 1. The molecule has 0 aliphatic carbocycles. The lowest BCUT2D eigenvalue weighted by molar-refractivity contribution is -0.119. The molecule has 1 atom stereocenters. The summed E-state index contributed by atoms with van der Waals surface area (Å²) in [6, 6.07) is 5.63. The highest BCUT2D eigenvalue weighted by Crippen LogP contribution is 2.33. The number of carbonyl (C=O) groups is 1. The van der Waals surface area contributed by atoms with Gasteiger partial charge < -0.3 is 5.32 Å². The van der Waals surface area contributed by atoms with E-state index in [2.05, 4.69) is 10.3 Å². The Kier molecular flexibility index (Phi) is 3.91. The largest absolute Gasteiger partial charge is 0.358 e. The molecule has 3 nitrogen and oxygen atoms in total. The molecule has 2 rings (SSSR count). The van der Waals surface area contributed by atoms with Crippen LogP contribution in [0.1, 0.15) is 6.92 Å². The van der Waals surface area contributed by atoms with E-state index in [9.17, 15) is 4.79 Å². The summed E-state index contributed by atoms with van der Waals surface area (Å²) in [6.45, 7) is 1.86. The average Bonchev–Trinajstić information content (AvgIpc) is 2.69. The maximum atomic E-state index is 11.4. The summed E-state index contributed by atoms with van der Waals surface area (Å²) >= 11 is 8.94. The molecule has 0 saturated heterocycles. The van der Waals surface area contributed by atoms with Crippen LogP contribution >= 0.6 is 34.7 Å². The fourth-order valence-electron chi connectivity index (χ4n) is 1.34. The summed E-state index contributed by atoms with van der Waals surface area (Å²) in [5, 5.41) is 3.16. The molecule has 6 heteroatoms. The molecule has 1 unspecified atom stereocenters. The number of halogens is 1. The highest BCUT2D eigenvalue weighted by atomic mass is 35.5. The Hall–Kier alpha value is -0.780. The Morgan fingerprint density at radius 3 is 3.06 bits per heavy atom. The molecule has 0 radical (unpaired) electrons. The molecule has 1 amide bonds. The zero-order valence-electron chi connectivity index (χ0n) is 9.36. The second-order valence-corrected chi connectivity index (χ2v) is 6.52. The van der Waals surface area contributed by atoms with Crippen LogP contribution in [-0.4, -0.2) is 23.2 Å². The SMILES string of the molecule is CNC(=O)C(C)Sc1nc2cc(Cl)ccc2s1. The lowest BCUT2D eigenvalue weighted by Gasteiger charge is -2.05. The van der Waals surface area contributed by atoms with Crippen molar-refractivity contribution in [2.24, 2.45) is 0 Å². The smallest absolute Gasteiger partial charge is 0.233 e. The van der Waals surface area contributed by atoms with Gasteiger partial charge in [0.1, 0.15) is 0 Å². The number of benzene rings is 1. The van der Waals surface area contributed by atoms with E-state index >= 15 is 0 Å². The van der Waals surface area contributed by atoms with Crippen LogP contribution in [0.5, 0.6) is 0 Å². The number of aromatic nitrogens is 1. The molecule has 0 fully saturated rings. The molecule has 1 N–H and O–H groups in total. The van der Waals surface area contributed by atoms with E-state index in [1.165, 1.54) is 11.8 Å². The summed E-state index contributed by atoms with van der Waals surface area (Å²) in [4.78, 5) is 15.9. The summed E-state index contributed by atoms with van der Waals surface area (Å²) < 4.78 is 1.97. The molecule has 0 bridgehead atoms. The van der Waals surface area contributed by atoms with Gasteiger partial charge in [-0.05, 0) is 25.1 Å². The van der Waals surface area contributed by atoms with Crippen molar-refractivity contribution < 1.29 is 4.79 Å². The van der Waals surface area contributed by atoms with Crippen LogP contribution in [0.2, 0.25) is 5.02 Å². The van der Waals surface area contributed by atoms with E-state index in [0.29, 0.717) is 5.02 Å². The van der Waals surface area contributed by atoms with Crippen LogP contribution in [0.3, 0.4) is 0 Å². The number of carbonyl (C=O) groups excluding carboxylic acids is 1. The summed E-state index contributed by atoms with van der Waals surface area (Å²) in [6.07, 6.45) is 0. The molecule has 1 aromatic carbocycles. The lowest BCUT2D eigenvalue weighted by atomic mass is 10.3. The van der Waals surface area contributed by atoms with Crippen molar-refractivity contribution in [1.29, 1.82) is 0 Å². The Labute approximate surface area is 113 Å². The maximum absolute atomic E-state index is 11.4. The summed E-state index contributed by atoms with van der Waals surface area (Å²) in [7, 11) is 1.64. The third-order valence-corrected chi connectivity index (χ3v) is 4.69. The molecule has 0 aliphatic rings. The van der Waals surface area contributed by atoms with Gasteiger partial charge in [-0.25, -0.2) is 4.98 Å². The Morgan fingerprint density at radius 2 is 2.35 bits per heavy atom. The van der Waals surface area contributed by atoms with E-state index in [1.807, 2.05) is 25.1 Å². The molecule has 0 spiro atoms. The van der Waals surface area contributed by atoms with E-state index < -0.39 is 0 Å². The number of thiazole rings is 1. The summed E-state index contributed by atoms with van der Waals surface area (Å²) in [5.74, 6) is 0.00675. The van der Waals surface area contributed by atoms with Gasteiger partial charge in [0, 0.05) is 12.1 Å². The quantitative estimate of drug-likeness (QED) is 0.881. The number of hydrogen-bond donors (Lipinski definition) is 1. The van der Waals surface area contributed by atoms with Gasteiger partial charge >= 0.3 is 0 Å². The van der Waals surface area contributed by atoms with E-state index in [1.54, 1.807) is 18.4 Å². The molecule has 90 valence electrons. The van der Waals surface area contributed by atoms with E-state index in [4.69, 9.17) is 11.6 Å². The minimum atomic E-state index is -0.143. The minimum absolute atomic E-state index is 0.00675. The Balaban J connectivity index is 2.22. The molecule has 1 heterocycles. The van der Waals surface area contributed by atoms with E-state index in [-0.39, 0.29) is 11.2 Å². The second-order valence-electron chi connectivity index (χ2n) is 3.47. The van der Waals surface area contributed by atoms with Crippen LogP contribution in [0, 0.1) is 0 Å². The van der Waals surface area contributed by atoms with Crippen LogP contribution in [-0.2, 0) is 4.79 Å². The van der Waals surface area contributed by atoms with Crippen molar-refractivity contribution in [3.05, 3.63) is 23.2 Å². The fraction of sp³-hybridized carbons (Fsp3) is 0.273. The molecule has 0 saturated carbocycles. The highest BCUT2D eigenvalue weighted by Gasteiger charge is 2.15. The fourth-order valence-corrected chi connectivity index (χ4v) is 3.75. The number of hydrogen-bond acceptors (Lipinski definition) is 4. The number of nitrogens with one attached hydrogen (secondary N) is 1. The number of rotatable bonds is 3. The molecular weight excluding hydrogens is 276 g/mol. The predicted octanol–water partition coefficient (Wildman–Crippen LogP) is 3.18. The van der Waals surface area contributed by atoms with Crippen LogP contribution in [0.15, 0.2) is 22.5 Å². The lowest BCUT2D eigenvalue weighted by Crippen LogP contribution is -2.26. The maximum Gasteiger partial charge on any atom is 0.233 e. The van der Waals surface area contributed by atoms with E-state index in [0.717, 1.165) is 14.6 Å². The molecule has 2 aromatic rings.